The Morgan fingerprint density at radius 2 is 1.53 bits per heavy atom. The molecule has 15 heavy (non-hydrogen) atoms. The van der Waals surface area contributed by atoms with E-state index in [2.05, 4.69) is 0 Å². The van der Waals surface area contributed by atoms with Crippen LogP contribution in [0.1, 0.15) is 19.8 Å². The van der Waals surface area contributed by atoms with Gasteiger partial charge < -0.3 is 0 Å². The van der Waals surface area contributed by atoms with Crippen LogP contribution in [0.15, 0.2) is 0 Å². The Morgan fingerprint density at radius 1 is 1.07 bits per heavy atom. The fourth-order valence-electron chi connectivity index (χ4n) is 1.59. The van der Waals surface area contributed by atoms with Gasteiger partial charge in [-0.3, -0.25) is 4.90 Å². The summed E-state index contributed by atoms with van der Waals surface area (Å²) in [4.78, 5) is 1.19. The largest absolute Gasteiger partial charge is 0.454 e. The van der Waals surface area contributed by atoms with E-state index in [0.717, 1.165) is 0 Å². The van der Waals surface area contributed by atoms with Crippen molar-refractivity contribution in [3.63, 3.8) is 0 Å². The van der Waals surface area contributed by atoms with Gasteiger partial charge >= 0.3 is 12.1 Å². The molecule has 1 aliphatic rings. The summed E-state index contributed by atoms with van der Waals surface area (Å²) in [6.07, 6.45) is -4.06. The van der Waals surface area contributed by atoms with Gasteiger partial charge in [0.1, 0.15) is 0 Å². The van der Waals surface area contributed by atoms with Gasteiger partial charge in [-0.1, -0.05) is 6.92 Å². The summed E-state index contributed by atoms with van der Waals surface area (Å²) in [5.74, 6) is -4.17. The van der Waals surface area contributed by atoms with E-state index in [4.69, 9.17) is 0 Å². The number of hydrogen-bond acceptors (Lipinski definition) is 1. The van der Waals surface area contributed by atoms with Crippen molar-refractivity contribution in [3.05, 3.63) is 0 Å². The highest BCUT2D eigenvalue weighted by molar-refractivity contribution is 4.82. The summed E-state index contributed by atoms with van der Waals surface area (Å²) in [5.41, 5.74) is 0. The maximum atomic E-state index is 12.6. The zero-order chi connectivity index (χ0) is 11.7. The average molecular weight is 231 g/mol. The van der Waals surface area contributed by atoms with Gasteiger partial charge in [-0.05, 0) is 31.8 Å². The predicted molar refractivity (Wildman–Crippen MR) is 45.8 cm³/mol. The fourth-order valence-corrected chi connectivity index (χ4v) is 1.59. The second-order valence-electron chi connectivity index (χ2n) is 4.16. The van der Waals surface area contributed by atoms with Gasteiger partial charge in [0.25, 0.3) is 0 Å². The van der Waals surface area contributed by atoms with Crippen LogP contribution in [-0.4, -0.2) is 36.6 Å². The zero-order valence-electron chi connectivity index (χ0n) is 8.45. The molecule has 0 saturated carbocycles. The molecule has 0 aliphatic carbocycles. The molecule has 0 amide bonds. The Kier molecular flexibility index (Phi) is 3.58. The first-order valence-corrected chi connectivity index (χ1v) is 4.89. The van der Waals surface area contributed by atoms with Gasteiger partial charge in [-0.2, -0.15) is 22.0 Å². The quantitative estimate of drug-likeness (QED) is 0.660. The highest BCUT2D eigenvalue weighted by Gasteiger charge is 2.57. The van der Waals surface area contributed by atoms with Crippen LogP contribution in [0.5, 0.6) is 0 Å². The minimum absolute atomic E-state index is 0.326. The first-order chi connectivity index (χ1) is 6.72. The van der Waals surface area contributed by atoms with Crippen molar-refractivity contribution in [3.8, 4) is 0 Å². The van der Waals surface area contributed by atoms with Crippen LogP contribution >= 0.6 is 0 Å². The summed E-state index contributed by atoms with van der Waals surface area (Å²) in [5, 5.41) is 0. The van der Waals surface area contributed by atoms with Crippen molar-refractivity contribution in [1.82, 2.24) is 4.90 Å². The van der Waals surface area contributed by atoms with Crippen molar-refractivity contribution in [2.45, 2.75) is 31.9 Å². The van der Waals surface area contributed by atoms with Crippen LogP contribution in [0, 0.1) is 5.92 Å². The Hall–Kier alpha value is -0.390. The van der Waals surface area contributed by atoms with Crippen molar-refractivity contribution in [1.29, 1.82) is 0 Å². The zero-order valence-corrected chi connectivity index (χ0v) is 8.45. The summed E-state index contributed by atoms with van der Waals surface area (Å²) in [6.45, 7) is 1.42. The average Bonchev–Trinajstić information content (AvgIpc) is 2.06. The maximum Gasteiger partial charge on any atom is 0.454 e. The van der Waals surface area contributed by atoms with Crippen molar-refractivity contribution < 1.29 is 22.0 Å². The number of halogens is 5. The van der Waals surface area contributed by atoms with E-state index >= 15 is 0 Å². The fraction of sp³-hybridized carbons (Fsp3) is 1.00. The maximum absolute atomic E-state index is 12.6. The van der Waals surface area contributed by atoms with Crippen molar-refractivity contribution in [2.75, 3.05) is 19.6 Å². The van der Waals surface area contributed by atoms with E-state index in [1.165, 1.54) is 4.90 Å². The minimum atomic E-state index is -5.43. The summed E-state index contributed by atoms with van der Waals surface area (Å²) < 4.78 is 61.0. The number of piperidine rings is 1. The highest BCUT2D eigenvalue weighted by Crippen LogP contribution is 2.36. The second-order valence-corrected chi connectivity index (χ2v) is 4.16. The van der Waals surface area contributed by atoms with Crippen LogP contribution < -0.4 is 0 Å². The van der Waals surface area contributed by atoms with Gasteiger partial charge in [0.05, 0.1) is 6.54 Å². The van der Waals surface area contributed by atoms with Gasteiger partial charge in [-0.25, -0.2) is 0 Å². The molecule has 6 heteroatoms. The Labute approximate surface area is 85.2 Å². The molecule has 1 heterocycles. The molecule has 0 bridgehead atoms. The Morgan fingerprint density at radius 3 is 1.93 bits per heavy atom. The normalized spacial score (nSPS) is 22.0. The molecule has 1 fully saturated rings. The van der Waals surface area contributed by atoms with Crippen molar-refractivity contribution >= 4 is 0 Å². The van der Waals surface area contributed by atoms with E-state index in [9.17, 15) is 22.0 Å². The Bertz CT molecular complexity index is 205. The van der Waals surface area contributed by atoms with E-state index in [0.29, 0.717) is 31.8 Å². The molecule has 1 nitrogen and oxygen atoms in total. The molecule has 0 spiro atoms. The molecule has 1 rings (SSSR count). The number of nitrogens with zero attached hydrogens (tertiary/aromatic N) is 1. The predicted octanol–water partition coefficient (Wildman–Crippen LogP) is 2.92. The molecule has 0 atom stereocenters. The van der Waals surface area contributed by atoms with Crippen LogP contribution in [-0.2, 0) is 0 Å². The number of rotatable bonds is 2. The van der Waals surface area contributed by atoms with Gasteiger partial charge in [-0.15, -0.1) is 0 Å². The van der Waals surface area contributed by atoms with Crippen LogP contribution in [0.3, 0.4) is 0 Å². The molecular weight excluding hydrogens is 217 g/mol. The third-order valence-electron chi connectivity index (χ3n) is 2.71. The summed E-state index contributed by atoms with van der Waals surface area (Å²) in [7, 11) is 0. The molecule has 0 unspecified atom stereocenters. The lowest BCUT2D eigenvalue weighted by Crippen LogP contribution is -2.48. The minimum Gasteiger partial charge on any atom is -0.297 e. The SMILES string of the molecule is CC1CCN(CC(F)(F)C(F)(F)F)CC1. The van der Waals surface area contributed by atoms with E-state index in [-0.39, 0.29) is 0 Å². The Balaban J connectivity index is 2.48. The van der Waals surface area contributed by atoms with Crippen molar-refractivity contribution in [2.24, 2.45) is 5.92 Å². The van der Waals surface area contributed by atoms with E-state index in [1.807, 2.05) is 6.92 Å². The number of alkyl halides is 5. The number of likely N-dealkylation sites (tertiary alicyclic amines) is 1. The topological polar surface area (TPSA) is 3.24 Å². The van der Waals surface area contributed by atoms with E-state index < -0.39 is 18.6 Å². The number of hydrogen-bond donors (Lipinski definition) is 0. The standard InChI is InChI=1S/C9H14F5N/c1-7-2-4-15(5-3-7)6-8(10,11)9(12,13)14/h7H,2-6H2,1H3. The smallest absolute Gasteiger partial charge is 0.297 e. The first-order valence-electron chi connectivity index (χ1n) is 4.89. The van der Waals surface area contributed by atoms with Gasteiger partial charge in [0.15, 0.2) is 0 Å². The first kappa shape index (κ1) is 12.7. The molecule has 90 valence electrons. The lowest BCUT2D eigenvalue weighted by atomic mass is 9.99. The molecule has 0 radical (unpaired) electrons. The molecule has 0 aromatic rings. The second kappa shape index (κ2) is 4.23. The van der Waals surface area contributed by atoms with Crippen LogP contribution in [0.2, 0.25) is 0 Å². The molecule has 0 aromatic heterocycles. The van der Waals surface area contributed by atoms with Gasteiger partial charge in [0, 0.05) is 0 Å². The molecule has 1 saturated heterocycles. The summed E-state index contributed by atoms with van der Waals surface area (Å²) >= 11 is 0. The van der Waals surface area contributed by atoms with Crippen LogP contribution in [0.4, 0.5) is 22.0 Å². The molecule has 0 aromatic carbocycles. The van der Waals surface area contributed by atoms with Crippen LogP contribution in [0.25, 0.3) is 0 Å². The highest BCUT2D eigenvalue weighted by atomic mass is 19.4. The summed E-state index contributed by atoms with van der Waals surface area (Å²) in [6, 6.07) is 0. The molecular formula is C9H14F5N. The monoisotopic (exact) mass is 231 g/mol. The third kappa shape index (κ3) is 3.29. The molecule has 0 N–H and O–H groups in total. The van der Waals surface area contributed by atoms with E-state index in [1.54, 1.807) is 0 Å². The molecule has 1 aliphatic heterocycles. The lowest BCUT2D eigenvalue weighted by Gasteiger charge is -2.33. The third-order valence-corrected chi connectivity index (χ3v) is 2.71. The lowest BCUT2D eigenvalue weighted by molar-refractivity contribution is -0.287. The van der Waals surface area contributed by atoms with Gasteiger partial charge in [0.2, 0.25) is 0 Å².